The van der Waals surface area contributed by atoms with Crippen molar-refractivity contribution in [1.82, 2.24) is 4.98 Å². The molecule has 2 aromatic rings. The zero-order valence-electron chi connectivity index (χ0n) is 10.1. The summed E-state index contributed by atoms with van der Waals surface area (Å²) < 4.78 is 0. The van der Waals surface area contributed by atoms with Gasteiger partial charge in [-0.3, -0.25) is 15.1 Å². The highest BCUT2D eigenvalue weighted by Crippen LogP contribution is 2.21. The third-order valence-electron chi connectivity index (χ3n) is 2.42. The molecule has 0 saturated heterocycles. The lowest BCUT2D eigenvalue weighted by atomic mass is 10.2. The number of hydrogen-bond donors (Lipinski definition) is 0. The number of pyridine rings is 1. The summed E-state index contributed by atoms with van der Waals surface area (Å²) in [6.45, 7) is 1.89. The molecule has 0 spiro atoms. The zero-order chi connectivity index (χ0) is 13.8. The maximum Gasteiger partial charge on any atom is 0.271 e. The number of aromatic nitrogens is 1. The number of rotatable bonds is 1. The van der Waals surface area contributed by atoms with E-state index in [0.29, 0.717) is 5.56 Å². The Labute approximate surface area is 115 Å². The summed E-state index contributed by atoms with van der Waals surface area (Å²) >= 11 is 5.94. The molecule has 0 aliphatic carbocycles. The number of benzene rings is 1. The molecule has 0 N–H and O–H groups in total. The molecule has 0 bridgehead atoms. The molecule has 0 fully saturated rings. The number of non-ortho nitro benzene ring substituents is 1. The number of nitro groups is 1. The van der Waals surface area contributed by atoms with Crippen LogP contribution in [-0.2, 0) is 0 Å². The third kappa shape index (κ3) is 3.30. The Balaban J connectivity index is 2.29. The molecule has 0 radical (unpaired) electrons. The fourth-order valence-electron chi connectivity index (χ4n) is 1.40. The van der Waals surface area contributed by atoms with Gasteiger partial charge in [0.05, 0.1) is 9.95 Å². The summed E-state index contributed by atoms with van der Waals surface area (Å²) in [6, 6.07) is 7.92. The first kappa shape index (κ1) is 13.1. The van der Waals surface area contributed by atoms with E-state index in [1.54, 1.807) is 6.20 Å². The van der Waals surface area contributed by atoms with Crippen LogP contribution in [0.4, 0.5) is 5.69 Å². The highest BCUT2D eigenvalue weighted by Gasteiger charge is 2.07. The molecule has 19 heavy (non-hydrogen) atoms. The molecule has 2 rings (SSSR count). The van der Waals surface area contributed by atoms with Crippen LogP contribution >= 0.6 is 11.6 Å². The Morgan fingerprint density at radius 1 is 1.26 bits per heavy atom. The van der Waals surface area contributed by atoms with Crippen molar-refractivity contribution < 1.29 is 4.92 Å². The molecule has 0 aliphatic rings. The molecule has 1 aromatic carbocycles. The summed E-state index contributed by atoms with van der Waals surface area (Å²) in [5, 5.41) is 10.8. The summed E-state index contributed by atoms with van der Waals surface area (Å²) in [5.41, 5.74) is 2.18. The number of nitro benzene ring substituents is 1. The van der Waals surface area contributed by atoms with Gasteiger partial charge in [-0.25, -0.2) is 0 Å². The summed E-state index contributed by atoms with van der Waals surface area (Å²) in [6.07, 6.45) is 1.67. The van der Waals surface area contributed by atoms with Crippen molar-refractivity contribution in [2.45, 2.75) is 6.92 Å². The van der Waals surface area contributed by atoms with E-state index in [1.165, 1.54) is 18.2 Å². The zero-order valence-corrected chi connectivity index (χ0v) is 10.8. The van der Waals surface area contributed by atoms with Crippen LogP contribution in [0.15, 0.2) is 36.5 Å². The first-order valence-electron chi connectivity index (χ1n) is 5.45. The van der Waals surface area contributed by atoms with Crippen molar-refractivity contribution in [3.05, 3.63) is 68.5 Å². The van der Waals surface area contributed by atoms with Crippen LogP contribution in [0.5, 0.6) is 0 Å². The molecule has 0 unspecified atom stereocenters. The van der Waals surface area contributed by atoms with Crippen molar-refractivity contribution in [2.75, 3.05) is 0 Å². The molecular formula is C14H9ClN2O2. The molecule has 94 valence electrons. The van der Waals surface area contributed by atoms with Gasteiger partial charge in [0.15, 0.2) is 0 Å². The van der Waals surface area contributed by atoms with E-state index in [0.717, 1.165) is 11.3 Å². The van der Waals surface area contributed by atoms with E-state index in [1.807, 2.05) is 19.1 Å². The van der Waals surface area contributed by atoms with E-state index in [-0.39, 0.29) is 10.7 Å². The van der Waals surface area contributed by atoms with Crippen LogP contribution in [0.3, 0.4) is 0 Å². The van der Waals surface area contributed by atoms with Crippen LogP contribution in [0.25, 0.3) is 0 Å². The second-order valence-electron chi connectivity index (χ2n) is 3.86. The lowest BCUT2D eigenvalue weighted by molar-refractivity contribution is -0.384. The largest absolute Gasteiger partial charge is 0.271 e. The molecule has 1 aromatic heterocycles. The fourth-order valence-corrected chi connectivity index (χ4v) is 1.62. The normalized spacial score (nSPS) is 9.58. The molecule has 5 heteroatoms. The van der Waals surface area contributed by atoms with Gasteiger partial charge in [-0.2, -0.15) is 0 Å². The van der Waals surface area contributed by atoms with Gasteiger partial charge < -0.3 is 0 Å². The van der Waals surface area contributed by atoms with Gasteiger partial charge in [-0.05, 0) is 25.1 Å². The van der Waals surface area contributed by atoms with Crippen molar-refractivity contribution in [1.29, 1.82) is 0 Å². The Hall–Kier alpha value is -2.38. The number of aryl methyl sites for hydroxylation is 1. The van der Waals surface area contributed by atoms with Crippen LogP contribution in [0, 0.1) is 28.9 Å². The predicted molar refractivity (Wildman–Crippen MR) is 73.1 cm³/mol. The van der Waals surface area contributed by atoms with Crippen LogP contribution in [0.1, 0.15) is 16.8 Å². The first-order valence-corrected chi connectivity index (χ1v) is 5.82. The lowest BCUT2D eigenvalue weighted by Crippen LogP contribution is -1.88. The number of hydrogen-bond acceptors (Lipinski definition) is 3. The third-order valence-corrected chi connectivity index (χ3v) is 2.73. The SMILES string of the molecule is Cc1ccc(C#Cc2ccc([N+](=O)[O-])cc2Cl)cn1. The molecule has 4 nitrogen and oxygen atoms in total. The fraction of sp³-hybridized carbons (Fsp3) is 0.0714. The minimum atomic E-state index is -0.493. The van der Waals surface area contributed by atoms with E-state index in [9.17, 15) is 10.1 Å². The van der Waals surface area contributed by atoms with E-state index >= 15 is 0 Å². The molecule has 0 amide bonds. The molecule has 0 atom stereocenters. The lowest BCUT2D eigenvalue weighted by Gasteiger charge is -1.96. The second-order valence-corrected chi connectivity index (χ2v) is 4.27. The van der Waals surface area contributed by atoms with Gasteiger partial charge in [-0.15, -0.1) is 0 Å². The van der Waals surface area contributed by atoms with Gasteiger partial charge in [0.25, 0.3) is 5.69 Å². The predicted octanol–water partition coefficient (Wildman–Crippen LogP) is 3.35. The summed E-state index contributed by atoms with van der Waals surface area (Å²) in [7, 11) is 0. The minimum absolute atomic E-state index is 0.0486. The number of halogens is 1. The molecule has 0 saturated carbocycles. The summed E-state index contributed by atoms with van der Waals surface area (Å²) in [5.74, 6) is 5.78. The standard InChI is InChI=1S/C14H9ClN2O2/c1-10-2-3-11(9-16-10)4-5-12-6-7-13(17(18)19)8-14(12)15/h2-3,6-9H,1H3. The Kier molecular flexibility index (Phi) is 3.79. The van der Waals surface area contributed by atoms with Gasteiger partial charge in [-0.1, -0.05) is 23.4 Å². The monoisotopic (exact) mass is 272 g/mol. The Bertz CT molecular complexity index is 685. The quantitative estimate of drug-likeness (QED) is 0.454. The topological polar surface area (TPSA) is 56.0 Å². The molecule has 1 heterocycles. The highest BCUT2D eigenvalue weighted by atomic mass is 35.5. The van der Waals surface area contributed by atoms with E-state index < -0.39 is 4.92 Å². The smallest absolute Gasteiger partial charge is 0.260 e. The average Bonchev–Trinajstić information content (AvgIpc) is 2.39. The van der Waals surface area contributed by atoms with Gasteiger partial charge in [0.2, 0.25) is 0 Å². The van der Waals surface area contributed by atoms with E-state index in [4.69, 9.17) is 11.6 Å². The van der Waals surface area contributed by atoms with Crippen molar-refractivity contribution >= 4 is 17.3 Å². The second kappa shape index (κ2) is 5.51. The number of nitrogens with zero attached hydrogens (tertiary/aromatic N) is 2. The summed E-state index contributed by atoms with van der Waals surface area (Å²) in [4.78, 5) is 14.2. The van der Waals surface area contributed by atoms with Crippen LogP contribution < -0.4 is 0 Å². The van der Waals surface area contributed by atoms with Crippen molar-refractivity contribution in [3.63, 3.8) is 0 Å². The minimum Gasteiger partial charge on any atom is -0.260 e. The first-order chi connectivity index (χ1) is 9.06. The maximum absolute atomic E-state index is 10.6. The van der Waals surface area contributed by atoms with E-state index in [2.05, 4.69) is 16.8 Å². The average molecular weight is 273 g/mol. The van der Waals surface area contributed by atoms with Crippen LogP contribution in [0.2, 0.25) is 5.02 Å². The van der Waals surface area contributed by atoms with Crippen molar-refractivity contribution in [3.8, 4) is 11.8 Å². The highest BCUT2D eigenvalue weighted by molar-refractivity contribution is 6.32. The van der Waals surface area contributed by atoms with Gasteiger partial charge in [0, 0.05) is 35.2 Å². The Morgan fingerprint density at radius 2 is 2.05 bits per heavy atom. The molecule has 0 aliphatic heterocycles. The van der Waals surface area contributed by atoms with Crippen molar-refractivity contribution in [2.24, 2.45) is 0 Å². The molecular weight excluding hydrogens is 264 g/mol. The maximum atomic E-state index is 10.6. The van der Waals surface area contributed by atoms with Gasteiger partial charge >= 0.3 is 0 Å². The Morgan fingerprint density at radius 3 is 2.63 bits per heavy atom. The van der Waals surface area contributed by atoms with Crippen LogP contribution in [-0.4, -0.2) is 9.91 Å². The van der Waals surface area contributed by atoms with Gasteiger partial charge in [0.1, 0.15) is 0 Å².